The van der Waals surface area contributed by atoms with E-state index in [0.717, 1.165) is 25.6 Å². The van der Waals surface area contributed by atoms with E-state index in [1.165, 1.54) is 12.3 Å². The first-order chi connectivity index (χ1) is 8.59. The minimum atomic E-state index is -0.561. The maximum atomic E-state index is 13.5. The zero-order valence-electron chi connectivity index (χ0n) is 10.8. The van der Waals surface area contributed by atoms with Gasteiger partial charge in [-0.25, -0.2) is 4.39 Å². The summed E-state index contributed by atoms with van der Waals surface area (Å²) in [6.07, 6.45) is 4.76. The third-order valence-corrected chi connectivity index (χ3v) is 3.51. The number of pyridine rings is 1. The van der Waals surface area contributed by atoms with Crippen LogP contribution in [0.3, 0.4) is 0 Å². The van der Waals surface area contributed by atoms with Gasteiger partial charge in [0.25, 0.3) is 5.91 Å². The van der Waals surface area contributed by atoms with Gasteiger partial charge >= 0.3 is 0 Å². The molecule has 1 fully saturated rings. The van der Waals surface area contributed by atoms with Crippen molar-refractivity contribution in [1.82, 2.24) is 14.8 Å². The number of hydrogen-bond donors (Lipinski definition) is 0. The van der Waals surface area contributed by atoms with Gasteiger partial charge in [0.2, 0.25) is 0 Å². The maximum Gasteiger partial charge on any atom is 0.256 e. The van der Waals surface area contributed by atoms with E-state index in [9.17, 15) is 9.18 Å². The Balaban J connectivity index is 2.03. The van der Waals surface area contributed by atoms with Gasteiger partial charge in [-0.3, -0.25) is 9.78 Å². The summed E-state index contributed by atoms with van der Waals surface area (Å²) in [5.41, 5.74) is 0.0909. The number of amides is 1. The zero-order chi connectivity index (χ0) is 13.1. The van der Waals surface area contributed by atoms with Crippen LogP contribution in [0.4, 0.5) is 4.39 Å². The molecule has 1 amide bonds. The van der Waals surface area contributed by atoms with E-state index in [-0.39, 0.29) is 11.5 Å². The summed E-state index contributed by atoms with van der Waals surface area (Å²) < 4.78 is 13.5. The lowest BCUT2D eigenvalue weighted by Crippen LogP contribution is -2.39. The Bertz CT molecular complexity index is 438. The molecular weight excluding hydrogens is 233 g/mol. The number of carbonyl (C=O) groups excluding carboxylic acids is 1. The fraction of sp³-hybridized carbons (Fsp3) is 0.538. The van der Waals surface area contributed by atoms with Crippen molar-refractivity contribution in [1.29, 1.82) is 0 Å². The van der Waals surface area contributed by atoms with Crippen LogP contribution in [0, 0.1) is 5.82 Å². The number of likely N-dealkylation sites (N-methyl/N-ethyl adjacent to an activating group) is 2. The van der Waals surface area contributed by atoms with E-state index >= 15 is 0 Å². The standard InChI is InChI=1S/C13H18FN3O/c1-16-7-3-4-10(16)9-17(2)13(18)11-5-6-15-8-12(11)14/h5-6,8,10H,3-4,7,9H2,1-2H3. The van der Waals surface area contributed by atoms with Crippen molar-refractivity contribution < 1.29 is 9.18 Å². The second-order valence-electron chi connectivity index (χ2n) is 4.82. The van der Waals surface area contributed by atoms with E-state index in [1.54, 1.807) is 11.9 Å². The molecule has 98 valence electrons. The highest BCUT2D eigenvalue weighted by atomic mass is 19.1. The predicted molar refractivity (Wildman–Crippen MR) is 66.8 cm³/mol. The van der Waals surface area contributed by atoms with Crippen LogP contribution >= 0.6 is 0 Å². The first-order valence-corrected chi connectivity index (χ1v) is 6.15. The fourth-order valence-electron chi connectivity index (χ4n) is 2.36. The molecule has 1 aliphatic heterocycles. The van der Waals surface area contributed by atoms with E-state index in [2.05, 4.69) is 16.9 Å². The van der Waals surface area contributed by atoms with Crippen molar-refractivity contribution in [2.75, 3.05) is 27.2 Å². The Morgan fingerprint density at radius 2 is 2.44 bits per heavy atom. The molecule has 0 aromatic carbocycles. The van der Waals surface area contributed by atoms with E-state index in [4.69, 9.17) is 0 Å². The molecular formula is C13H18FN3O. The molecule has 2 heterocycles. The minimum absolute atomic E-state index is 0.0909. The number of aromatic nitrogens is 1. The summed E-state index contributed by atoms with van der Waals surface area (Å²) >= 11 is 0. The Kier molecular flexibility index (Phi) is 3.91. The third-order valence-electron chi connectivity index (χ3n) is 3.51. The number of hydrogen-bond acceptors (Lipinski definition) is 3. The van der Waals surface area contributed by atoms with Gasteiger partial charge in [-0.2, -0.15) is 0 Å². The van der Waals surface area contributed by atoms with Gasteiger partial charge in [-0.1, -0.05) is 0 Å². The molecule has 1 atom stereocenters. The monoisotopic (exact) mass is 251 g/mol. The van der Waals surface area contributed by atoms with Crippen molar-refractivity contribution in [3.8, 4) is 0 Å². The van der Waals surface area contributed by atoms with E-state index < -0.39 is 5.82 Å². The third kappa shape index (κ3) is 2.67. The Labute approximate surface area is 106 Å². The highest BCUT2D eigenvalue weighted by molar-refractivity contribution is 5.94. The number of rotatable bonds is 3. The molecule has 18 heavy (non-hydrogen) atoms. The highest BCUT2D eigenvalue weighted by Gasteiger charge is 2.25. The molecule has 0 saturated carbocycles. The summed E-state index contributed by atoms with van der Waals surface area (Å²) in [4.78, 5) is 19.6. The fourth-order valence-corrected chi connectivity index (χ4v) is 2.36. The normalized spacial score (nSPS) is 20.1. The van der Waals surface area contributed by atoms with Crippen LogP contribution in [0.5, 0.6) is 0 Å². The van der Waals surface area contributed by atoms with Crippen LogP contribution in [0.2, 0.25) is 0 Å². The van der Waals surface area contributed by atoms with Crippen molar-refractivity contribution in [3.05, 3.63) is 29.8 Å². The van der Waals surface area contributed by atoms with Crippen molar-refractivity contribution >= 4 is 5.91 Å². The predicted octanol–water partition coefficient (Wildman–Crippen LogP) is 1.39. The van der Waals surface area contributed by atoms with Gasteiger partial charge in [0.1, 0.15) is 0 Å². The van der Waals surface area contributed by atoms with Gasteiger partial charge in [-0.05, 0) is 32.5 Å². The first-order valence-electron chi connectivity index (χ1n) is 6.15. The van der Waals surface area contributed by atoms with Gasteiger partial charge in [0.15, 0.2) is 5.82 Å². The summed E-state index contributed by atoms with van der Waals surface area (Å²) in [7, 11) is 3.78. The number of halogens is 1. The summed E-state index contributed by atoms with van der Waals surface area (Å²) in [5, 5.41) is 0. The molecule has 1 unspecified atom stereocenters. The second kappa shape index (κ2) is 5.44. The molecule has 5 heteroatoms. The number of carbonyl (C=O) groups is 1. The Morgan fingerprint density at radius 3 is 3.06 bits per heavy atom. The van der Waals surface area contributed by atoms with Gasteiger partial charge < -0.3 is 9.80 Å². The average molecular weight is 251 g/mol. The summed E-state index contributed by atoms with van der Waals surface area (Å²) in [5.74, 6) is -0.843. The number of nitrogens with zero attached hydrogens (tertiary/aromatic N) is 3. The lowest BCUT2D eigenvalue weighted by atomic mass is 10.2. The Hall–Kier alpha value is -1.49. The molecule has 2 rings (SSSR count). The van der Waals surface area contributed by atoms with Crippen molar-refractivity contribution in [3.63, 3.8) is 0 Å². The molecule has 1 saturated heterocycles. The summed E-state index contributed by atoms with van der Waals surface area (Å²) in [6.45, 7) is 1.70. The van der Waals surface area contributed by atoms with Crippen molar-refractivity contribution in [2.45, 2.75) is 18.9 Å². The molecule has 0 spiro atoms. The smallest absolute Gasteiger partial charge is 0.256 e. The number of likely N-dealkylation sites (tertiary alicyclic amines) is 1. The lowest BCUT2D eigenvalue weighted by Gasteiger charge is -2.26. The molecule has 4 nitrogen and oxygen atoms in total. The lowest BCUT2D eigenvalue weighted by molar-refractivity contribution is 0.0756. The highest BCUT2D eigenvalue weighted by Crippen LogP contribution is 2.16. The molecule has 0 aliphatic carbocycles. The van der Waals surface area contributed by atoms with Gasteiger partial charge in [0.05, 0.1) is 11.8 Å². The van der Waals surface area contributed by atoms with Crippen LogP contribution in [0.15, 0.2) is 18.5 Å². The molecule has 1 aromatic heterocycles. The molecule has 1 aliphatic rings. The van der Waals surface area contributed by atoms with Crippen LogP contribution in [0.1, 0.15) is 23.2 Å². The topological polar surface area (TPSA) is 36.4 Å². The van der Waals surface area contributed by atoms with Gasteiger partial charge in [0, 0.05) is 25.8 Å². The average Bonchev–Trinajstić information content (AvgIpc) is 2.75. The van der Waals surface area contributed by atoms with Crippen molar-refractivity contribution in [2.24, 2.45) is 0 Å². The molecule has 1 aromatic rings. The zero-order valence-corrected chi connectivity index (χ0v) is 10.8. The SMILES string of the molecule is CN(CC1CCCN1C)C(=O)c1ccncc1F. The molecule has 0 bridgehead atoms. The molecule has 0 N–H and O–H groups in total. The second-order valence-corrected chi connectivity index (χ2v) is 4.82. The maximum absolute atomic E-state index is 13.5. The van der Waals surface area contributed by atoms with Crippen LogP contribution < -0.4 is 0 Å². The minimum Gasteiger partial charge on any atom is -0.340 e. The van der Waals surface area contributed by atoms with E-state index in [0.29, 0.717) is 12.6 Å². The summed E-state index contributed by atoms with van der Waals surface area (Å²) in [6, 6.07) is 1.80. The molecule has 0 radical (unpaired) electrons. The largest absolute Gasteiger partial charge is 0.340 e. The quantitative estimate of drug-likeness (QED) is 0.814. The van der Waals surface area contributed by atoms with Crippen LogP contribution in [0.25, 0.3) is 0 Å². The van der Waals surface area contributed by atoms with Crippen LogP contribution in [-0.4, -0.2) is 53.9 Å². The van der Waals surface area contributed by atoms with E-state index in [1.807, 2.05) is 0 Å². The first kappa shape index (κ1) is 13.0. The Morgan fingerprint density at radius 1 is 1.67 bits per heavy atom. The van der Waals surface area contributed by atoms with Crippen LogP contribution in [-0.2, 0) is 0 Å². The van der Waals surface area contributed by atoms with Gasteiger partial charge in [-0.15, -0.1) is 0 Å².